The molecule has 0 amide bonds. The van der Waals surface area contributed by atoms with Gasteiger partial charge >= 0.3 is 7.12 Å². The highest BCUT2D eigenvalue weighted by molar-refractivity contribution is 14.1. The molecule has 0 radical (unpaired) electrons. The molecule has 2 nitrogen and oxygen atoms in total. The van der Waals surface area contributed by atoms with Gasteiger partial charge in [0.15, 0.2) is 0 Å². The number of halogens is 3. The Kier molecular flexibility index (Phi) is 12.0. The van der Waals surface area contributed by atoms with E-state index < -0.39 is 7.12 Å². The molecule has 2 N–H and O–H groups in total. The fourth-order valence-corrected chi connectivity index (χ4v) is 4.63. The summed E-state index contributed by atoms with van der Waals surface area (Å²) in [5.41, 5.74) is 3.02. The van der Waals surface area contributed by atoms with Crippen LogP contribution < -0.4 is 5.46 Å². The van der Waals surface area contributed by atoms with Crippen LogP contribution in [0.1, 0.15) is 0 Å². The quantitative estimate of drug-likeness (QED) is 0.138. The van der Waals surface area contributed by atoms with E-state index in [0.29, 0.717) is 5.46 Å². The molecule has 38 heavy (non-hydrogen) atoms. The van der Waals surface area contributed by atoms with E-state index in [1.165, 1.54) is 25.5 Å². The fraction of sp³-hybridized carbons (Fsp3) is 0. The molecule has 0 aliphatic heterocycles. The summed E-state index contributed by atoms with van der Waals surface area (Å²) in [5.74, 6) is 0. The maximum absolute atomic E-state index is 8.94. The van der Waals surface area contributed by atoms with Gasteiger partial charge in [0.1, 0.15) is 0 Å². The lowest BCUT2D eigenvalue weighted by atomic mass is 9.79. The van der Waals surface area contributed by atoms with Crippen molar-refractivity contribution >= 4 is 89.6 Å². The van der Waals surface area contributed by atoms with Crippen LogP contribution in [0.15, 0.2) is 144 Å². The van der Waals surface area contributed by atoms with Crippen LogP contribution in [0.3, 0.4) is 0 Å². The Labute approximate surface area is 256 Å². The molecule has 0 aliphatic rings. The van der Waals surface area contributed by atoms with E-state index in [1.54, 1.807) is 12.1 Å². The molecule has 0 spiro atoms. The van der Waals surface area contributed by atoms with Gasteiger partial charge in [0.2, 0.25) is 0 Å². The molecule has 0 saturated heterocycles. The van der Waals surface area contributed by atoms with Gasteiger partial charge in [-0.1, -0.05) is 125 Å². The van der Waals surface area contributed by atoms with Crippen LogP contribution in [0, 0.1) is 3.57 Å². The standard InChI is InChI=1S/C16H11Br.C10H9BO2.C6H5I.BrH/c17-16-7-3-6-14(11-16)15-9-8-12-4-1-2-5-13(12)10-15;12-11(13)10-6-5-8-3-1-2-4-9(8)7-10;7-6-4-2-1-3-5-6;/h1-11H;1-7,12-13H;1-5H;1H. The molecule has 0 aliphatic carbocycles. The van der Waals surface area contributed by atoms with Crippen LogP contribution in [0.2, 0.25) is 0 Å². The molecule has 6 rings (SSSR count). The summed E-state index contributed by atoms with van der Waals surface area (Å²) in [6, 6.07) is 46.8. The number of hydrogen-bond donors (Lipinski definition) is 2. The lowest BCUT2D eigenvalue weighted by molar-refractivity contribution is 0.426. The van der Waals surface area contributed by atoms with Gasteiger partial charge in [0.05, 0.1) is 0 Å². The zero-order valence-corrected chi connectivity index (χ0v) is 25.9. The first-order valence-corrected chi connectivity index (χ1v) is 13.7. The zero-order valence-electron chi connectivity index (χ0n) is 20.4. The summed E-state index contributed by atoms with van der Waals surface area (Å²) in [4.78, 5) is 0. The molecule has 0 saturated carbocycles. The maximum atomic E-state index is 8.94. The topological polar surface area (TPSA) is 40.5 Å². The average Bonchev–Trinajstić information content (AvgIpc) is 2.93. The SMILES string of the molecule is Br.Brc1cccc(-c2ccc3ccccc3c2)c1.Ic1ccccc1.OB(O)c1ccc2ccccc2c1. The van der Waals surface area contributed by atoms with Gasteiger partial charge in [-0.2, -0.15) is 0 Å². The van der Waals surface area contributed by atoms with Crippen molar-refractivity contribution in [2.45, 2.75) is 0 Å². The van der Waals surface area contributed by atoms with E-state index >= 15 is 0 Å². The van der Waals surface area contributed by atoms with Crippen LogP contribution in [-0.4, -0.2) is 17.2 Å². The average molecular weight is 740 g/mol. The van der Waals surface area contributed by atoms with Crippen molar-refractivity contribution in [3.63, 3.8) is 0 Å². The molecule has 190 valence electrons. The summed E-state index contributed by atoms with van der Waals surface area (Å²) in [6.07, 6.45) is 0. The van der Waals surface area contributed by atoms with Crippen LogP contribution in [0.5, 0.6) is 0 Å². The molecule has 0 aromatic heterocycles. The zero-order chi connectivity index (χ0) is 26.0. The van der Waals surface area contributed by atoms with Crippen molar-refractivity contribution in [3.8, 4) is 11.1 Å². The van der Waals surface area contributed by atoms with Crippen molar-refractivity contribution in [1.82, 2.24) is 0 Å². The lowest BCUT2D eigenvalue weighted by Gasteiger charge is -2.04. The highest BCUT2D eigenvalue weighted by atomic mass is 127. The minimum Gasteiger partial charge on any atom is -0.423 e. The molecule has 0 heterocycles. The monoisotopic (exact) mass is 738 g/mol. The smallest absolute Gasteiger partial charge is 0.423 e. The number of hydrogen-bond acceptors (Lipinski definition) is 2. The van der Waals surface area contributed by atoms with Crippen LogP contribution >= 0.6 is 55.5 Å². The van der Waals surface area contributed by atoms with Crippen molar-refractivity contribution in [2.75, 3.05) is 0 Å². The Hall–Kier alpha value is -2.49. The van der Waals surface area contributed by atoms with Gasteiger partial charge < -0.3 is 10.0 Å². The molecule has 6 aromatic rings. The predicted octanol–water partition coefficient (Wildman–Crippen LogP) is 8.66. The van der Waals surface area contributed by atoms with E-state index in [2.05, 4.69) is 111 Å². The Morgan fingerprint density at radius 1 is 0.500 bits per heavy atom. The minimum absolute atomic E-state index is 0. The molecule has 0 fully saturated rings. The lowest BCUT2D eigenvalue weighted by Crippen LogP contribution is -2.29. The highest BCUT2D eigenvalue weighted by Gasteiger charge is 2.10. The van der Waals surface area contributed by atoms with Gasteiger partial charge in [0.25, 0.3) is 0 Å². The van der Waals surface area contributed by atoms with E-state index in [4.69, 9.17) is 10.0 Å². The maximum Gasteiger partial charge on any atom is 0.488 e. The molecular formula is C32H26BBr2IO2. The van der Waals surface area contributed by atoms with E-state index in [1.807, 2.05) is 54.6 Å². The van der Waals surface area contributed by atoms with Gasteiger partial charge in [-0.3, -0.25) is 0 Å². The molecule has 6 heteroatoms. The van der Waals surface area contributed by atoms with Crippen molar-refractivity contribution < 1.29 is 10.0 Å². The first kappa shape index (κ1) is 30.1. The summed E-state index contributed by atoms with van der Waals surface area (Å²) >= 11 is 5.79. The summed E-state index contributed by atoms with van der Waals surface area (Å²) in [6.45, 7) is 0. The van der Waals surface area contributed by atoms with Gasteiger partial charge in [-0.15, -0.1) is 17.0 Å². The summed E-state index contributed by atoms with van der Waals surface area (Å²) in [7, 11) is -1.38. The first-order valence-electron chi connectivity index (χ1n) is 11.8. The third-order valence-corrected chi connectivity index (χ3v) is 6.92. The minimum atomic E-state index is -1.38. The largest absolute Gasteiger partial charge is 0.488 e. The van der Waals surface area contributed by atoms with Gasteiger partial charge in [-0.05, 0) is 91.1 Å². The van der Waals surface area contributed by atoms with Crippen molar-refractivity contribution in [2.24, 2.45) is 0 Å². The van der Waals surface area contributed by atoms with Crippen LogP contribution in [0.4, 0.5) is 0 Å². The van der Waals surface area contributed by atoms with Crippen molar-refractivity contribution in [3.05, 3.63) is 148 Å². The molecule has 0 bridgehead atoms. The molecule has 6 aromatic carbocycles. The third kappa shape index (κ3) is 8.78. The number of fused-ring (bicyclic) bond motifs is 2. The summed E-state index contributed by atoms with van der Waals surface area (Å²) < 4.78 is 2.41. The second kappa shape index (κ2) is 15.2. The van der Waals surface area contributed by atoms with Crippen LogP contribution in [0.25, 0.3) is 32.7 Å². The first-order chi connectivity index (χ1) is 18.0. The Bertz CT molecular complexity index is 1590. The Morgan fingerprint density at radius 2 is 1.03 bits per heavy atom. The summed E-state index contributed by atoms with van der Waals surface area (Å²) in [5, 5.41) is 22.6. The second-order valence-corrected chi connectivity index (χ2v) is 10.5. The third-order valence-electron chi connectivity index (χ3n) is 5.71. The Balaban J connectivity index is 0.000000169. The normalized spacial score (nSPS) is 9.89. The van der Waals surface area contributed by atoms with Crippen LogP contribution in [-0.2, 0) is 0 Å². The number of benzene rings is 6. The van der Waals surface area contributed by atoms with Crippen molar-refractivity contribution in [1.29, 1.82) is 0 Å². The molecular weight excluding hydrogens is 714 g/mol. The second-order valence-electron chi connectivity index (χ2n) is 8.35. The number of rotatable bonds is 2. The van der Waals surface area contributed by atoms with Gasteiger partial charge in [0, 0.05) is 8.04 Å². The molecule has 0 unspecified atom stereocenters. The molecule has 0 atom stereocenters. The van der Waals surface area contributed by atoms with Gasteiger partial charge in [-0.25, -0.2) is 0 Å². The predicted molar refractivity (Wildman–Crippen MR) is 180 cm³/mol. The Morgan fingerprint density at radius 3 is 1.58 bits per heavy atom. The van der Waals surface area contributed by atoms with E-state index in [9.17, 15) is 0 Å². The fourth-order valence-electron chi connectivity index (χ4n) is 3.82. The van der Waals surface area contributed by atoms with E-state index in [-0.39, 0.29) is 17.0 Å². The van der Waals surface area contributed by atoms with E-state index in [0.717, 1.165) is 15.2 Å². The highest BCUT2D eigenvalue weighted by Crippen LogP contribution is 2.26.